The van der Waals surface area contributed by atoms with E-state index in [2.05, 4.69) is 5.32 Å². The van der Waals surface area contributed by atoms with Crippen molar-refractivity contribution >= 4 is 0 Å². The van der Waals surface area contributed by atoms with E-state index < -0.39 is 6.43 Å². The zero-order chi connectivity index (χ0) is 7.40. The normalized spacial score (nSPS) is 27.3. The molecule has 1 aliphatic heterocycles. The molecule has 1 fully saturated rings. The average Bonchev–Trinajstić information content (AvgIpc) is 1.88. The minimum absolute atomic E-state index is 0.0972. The van der Waals surface area contributed by atoms with E-state index in [1.165, 1.54) is 0 Å². The summed E-state index contributed by atoms with van der Waals surface area (Å²) in [6.07, 6.45) is -2.32. The second kappa shape index (κ2) is 3.83. The summed E-state index contributed by atoms with van der Waals surface area (Å²) < 4.78 is 28.4. The molecule has 1 atom stereocenters. The molecule has 0 aromatic heterocycles. The van der Waals surface area contributed by atoms with Crippen LogP contribution < -0.4 is 5.32 Å². The highest BCUT2D eigenvalue weighted by Crippen LogP contribution is 2.05. The van der Waals surface area contributed by atoms with Gasteiger partial charge in [-0.2, -0.15) is 0 Å². The van der Waals surface area contributed by atoms with E-state index in [0.717, 1.165) is 0 Å². The minimum Gasteiger partial charge on any atom is -0.379 e. The first-order valence-electron chi connectivity index (χ1n) is 3.38. The Morgan fingerprint density at radius 1 is 1.60 bits per heavy atom. The molecule has 60 valence electrons. The van der Waals surface area contributed by atoms with E-state index in [1.54, 1.807) is 0 Å². The maximum Gasteiger partial charge on any atom is 0.240 e. The molecule has 0 spiro atoms. The average molecular weight is 151 g/mol. The highest BCUT2D eigenvalue weighted by atomic mass is 19.3. The third-order valence-corrected chi connectivity index (χ3v) is 1.46. The maximum absolute atomic E-state index is 11.7. The molecule has 1 rings (SSSR count). The molecule has 1 N–H and O–H groups in total. The zero-order valence-corrected chi connectivity index (χ0v) is 5.65. The molecular weight excluding hydrogens is 140 g/mol. The summed E-state index contributed by atoms with van der Waals surface area (Å²) in [5, 5.41) is 2.95. The Balaban J connectivity index is 2.13. The Bertz CT molecular complexity index is 93.7. The number of nitrogens with one attached hydrogen (secondary N) is 1. The molecule has 0 saturated carbocycles. The van der Waals surface area contributed by atoms with Crippen molar-refractivity contribution in [3.05, 3.63) is 0 Å². The molecule has 1 heterocycles. The second-order valence-corrected chi connectivity index (χ2v) is 2.35. The number of hydrogen-bond donors (Lipinski definition) is 1. The van der Waals surface area contributed by atoms with Crippen LogP contribution in [0.25, 0.3) is 0 Å². The van der Waals surface area contributed by atoms with Gasteiger partial charge in [0.2, 0.25) is 6.43 Å². The maximum atomic E-state index is 11.7. The van der Waals surface area contributed by atoms with E-state index in [4.69, 9.17) is 4.74 Å². The fourth-order valence-electron chi connectivity index (χ4n) is 0.986. The van der Waals surface area contributed by atoms with Crippen LogP contribution in [0.1, 0.15) is 6.42 Å². The molecule has 0 aromatic carbocycles. The second-order valence-electron chi connectivity index (χ2n) is 2.35. The Kier molecular flexibility index (Phi) is 3.02. The van der Waals surface area contributed by atoms with E-state index in [9.17, 15) is 8.78 Å². The van der Waals surface area contributed by atoms with Crippen LogP contribution in [0.2, 0.25) is 0 Å². The molecule has 0 amide bonds. The summed E-state index contributed by atoms with van der Waals surface area (Å²) in [6, 6.07) is -0.145. The van der Waals surface area contributed by atoms with Crippen LogP contribution in [-0.4, -0.2) is 32.2 Å². The first-order chi connectivity index (χ1) is 4.79. The highest BCUT2D eigenvalue weighted by Gasteiger charge is 2.17. The molecule has 0 bridgehead atoms. The van der Waals surface area contributed by atoms with Crippen LogP contribution in [0.5, 0.6) is 0 Å². The summed E-state index contributed by atoms with van der Waals surface area (Å²) in [5.41, 5.74) is 0. The highest BCUT2D eigenvalue weighted by molar-refractivity contribution is 4.70. The molecule has 2 nitrogen and oxygen atoms in total. The van der Waals surface area contributed by atoms with Crippen LogP contribution in [0.4, 0.5) is 8.78 Å². The van der Waals surface area contributed by atoms with Gasteiger partial charge in [0.25, 0.3) is 0 Å². The van der Waals surface area contributed by atoms with Crippen molar-refractivity contribution in [3.63, 3.8) is 0 Å². The number of halogens is 2. The van der Waals surface area contributed by atoms with E-state index in [0.29, 0.717) is 19.8 Å². The van der Waals surface area contributed by atoms with Gasteiger partial charge < -0.3 is 10.1 Å². The van der Waals surface area contributed by atoms with Crippen molar-refractivity contribution < 1.29 is 13.5 Å². The van der Waals surface area contributed by atoms with Crippen molar-refractivity contribution in [2.24, 2.45) is 0 Å². The lowest BCUT2D eigenvalue weighted by atomic mass is 10.2. The van der Waals surface area contributed by atoms with Gasteiger partial charge in [-0.1, -0.05) is 0 Å². The topological polar surface area (TPSA) is 21.3 Å². The van der Waals surface area contributed by atoms with Gasteiger partial charge in [-0.3, -0.25) is 0 Å². The SMILES string of the molecule is FC(F)CC1COCCN1. The summed E-state index contributed by atoms with van der Waals surface area (Å²) >= 11 is 0. The molecule has 1 aliphatic rings. The number of ether oxygens (including phenoxy) is 1. The summed E-state index contributed by atoms with van der Waals surface area (Å²) in [6.45, 7) is 1.75. The lowest BCUT2D eigenvalue weighted by Crippen LogP contribution is -2.42. The van der Waals surface area contributed by atoms with Gasteiger partial charge in [0.1, 0.15) is 0 Å². The zero-order valence-electron chi connectivity index (χ0n) is 5.65. The molecule has 10 heavy (non-hydrogen) atoms. The van der Waals surface area contributed by atoms with Crippen molar-refractivity contribution in [3.8, 4) is 0 Å². The van der Waals surface area contributed by atoms with Crippen LogP contribution >= 0.6 is 0 Å². The third-order valence-electron chi connectivity index (χ3n) is 1.46. The third kappa shape index (κ3) is 2.58. The van der Waals surface area contributed by atoms with Gasteiger partial charge in [-0.15, -0.1) is 0 Å². The van der Waals surface area contributed by atoms with Crippen molar-refractivity contribution in [2.75, 3.05) is 19.8 Å². The van der Waals surface area contributed by atoms with Gasteiger partial charge in [0.05, 0.1) is 13.2 Å². The monoisotopic (exact) mass is 151 g/mol. The summed E-state index contributed by atoms with van der Waals surface area (Å²) in [4.78, 5) is 0. The first-order valence-corrected chi connectivity index (χ1v) is 3.38. The van der Waals surface area contributed by atoms with Gasteiger partial charge in [0.15, 0.2) is 0 Å². The van der Waals surface area contributed by atoms with E-state index >= 15 is 0 Å². The minimum atomic E-state index is -2.22. The molecule has 1 saturated heterocycles. The van der Waals surface area contributed by atoms with Crippen molar-refractivity contribution in [1.82, 2.24) is 5.32 Å². The van der Waals surface area contributed by atoms with Gasteiger partial charge in [-0.05, 0) is 0 Å². The molecule has 0 aromatic rings. The van der Waals surface area contributed by atoms with Gasteiger partial charge in [0, 0.05) is 19.0 Å². The lowest BCUT2D eigenvalue weighted by molar-refractivity contribution is 0.0434. The summed E-state index contributed by atoms with van der Waals surface area (Å²) in [7, 11) is 0. The van der Waals surface area contributed by atoms with Crippen LogP contribution in [-0.2, 0) is 4.74 Å². The lowest BCUT2D eigenvalue weighted by Gasteiger charge is -2.23. The Morgan fingerprint density at radius 3 is 2.90 bits per heavy atom. The van der Waals surface area contributed by atoms with Crippen LogP contribution in [0, 0.1) is 0 Å². The molecule has 0 radical (unpaired) electrons. The van der Waals surface area contributed by atoms with Gasteiger partial charge >= 0.3 is 0 Å². The largest absolute Gasteiger partial charge is 0.379 e. The van der Waals surface area contributed by atoms with Crippen molar-refractivity contribution in [2.45, 2.75) is 18.9 Å². The number of rotatable bonds is 2. The number of morpholine rings is 1. The summed E-state index contributed by atoms with van der Waals surface area (Å²) in [5.74, 6) is 0. The Hall–Kier alpha value is -0.220. The fourth-order valence-corrected chi connectivity index (χ4v) is 0.986. The van der Waals surface area contributed by atoms with Crippen molar-refractivity contribution in [1.29, 1.82) is 0 Å². The number of alkyl halides is 2. The first kappa shape index (κ1) is 7.88. The van der Waals surface area contributed by atoms with Gasteiger partial charge in [-0.25, -0.2) is 8.78 Å². The standard InChI is InChI=1S/C6H11F2NO/c7-6(8)3-5-4-10-2-1-9-5/h5-6,9H,1-4H2. The predicted molar refractivity (Wildman–Crippen MR) is 33.2 cm³/mol. The quantitative estimate of drug-likeness (QED) is 0.625. The molecular formula is C6H11F2NO. The van der Waals surface area contributed by atoms with Crippen LogP contribution in [0.3, 0.4) is 0 Å². The molecule has 0 aliphatic carbocycles. The van der Waals surface area contributed by atoms with E-state index in [-0.39, 0.29) is 12.5 Å². The Labute approximate surface area is 58.6 Å². The molecule has 4 heteroatoms. The predicted octanol–water partition coefficient (Wildman–Crippen LogP) is 0.630. The van der Waals surface area contributed by atoms with E-state index in [1.807, 2.05) is 0 Å². The fraction of sp³-hybridized carbons (Fsp3) is 1.00. The molecule has 1 unspecified atom stereocenters. The smallest absolute Gasteiger partial charge is 0.240 e. The Morgan fingerprint density at radius 2 is 2.40 bits per heavy atom. The van der Waals surface area contributed by atoms with Crippen LogP contribution in [0.15, 0.2) is 0 Å². The number of hydrogen-bond acceptors (Lipinski definition) is 2.